The van der Waals surface area contributed by atoms with E-state index in [4.69, 9.17) is 10.6 Å². The SMILES string of the molecule is COCc1ccc(-c2nc3c(c(NN)n2)CCC3)cc1. The summed E-state index contributed by atoms with van der Waals surface area (Å²) >= 11 is 0. The number of nitrogens with one attached hydrogen (secondary N) is 1. The Morgan fingerprint density at radius 1 is 1.20 bits per heavy atom. The number of fused-ring (bicyclic) bond motifs is 1. The number of nitrogens with two attached hydrogens (primary N) is 1. The highest BCUT2D eigenvalue weighted by Crippen LogP contribution is 2.28. The molecule has 5 heteroatoms. The summed E-state index contributed by atoms with van der Waals surface area (Å²) < 4.78 is 5.11. The lowest BCUT2D eigenvalue weighted by Crippen LogP contribution is -2.12. The number of benzene rings is 1. The smallest absolute Gasteiger partial charge is 0.161 e. The predicted octanol–water partition coefficient (Wildman–Crippen LogP) is 2.06. The molecule has 0 spiro atoms. The molecule has 1 heterocycles. The number of rotatable bonds is 4. The molecule has 0 aliphatic heterocycles. The molecule has 1 aliphatic rings. The summed E-state index contributed by atoms with van der Waals surface area (Å²) in [6, 6.07) is 8.10. The molecule has 3 rings (SSSR count). The monoisotopic (exact) mass is 270 g/mol. The summed E-state index contributed by atoms with van der Waals surface area (Å²) in [6.07, 6.45) is 3.12. The summed E-state index contributed by atoms with van der Waals surface area (Å²) in [5.74, 6) is 7.05. The molecule has 20 heavy (non-hydrogen) atoms. The van der Waals surface area contributed by atoms with Gasteiger partial charge in [0.2, 0.25) is 0 Å². The van der Waals surface area contributed by atoms with Gasteiger partial charge in [0.15, 0.2) is 5.82 Å². The van der Waals surface area contributed by atoms with Crippen LogP contribution in [0.1, 0.15) is 23.2 Å². The molecule has 0 bridgehead atoms. The van der Waals surface area contributed by atoms with Gasteiger partial charge in [0.1, 0.15) is 5.82 Å². The molecule has 0 amide bonds. The van der Waals surface area contributed by atoms with E-state index in [0.717, 1.165) is 53.3 Å². The van der Waals surface area contributed by atoms with Crippen LogP contribution >= 0.6 is 0 Å². The van der Waals surface area contributed by atoms with Gasteiger partial charge in [-0.1, -0.05) is 24.3 Å². The number of aromatic nitrogens is 2. The average molecular weight is 270 g/mol. The molecule has 0 atom stereocenters. The quantitative estimate of drug-likeness (QED) is 0.657. The van der Waals surface area contributed by atoms with Crippen molar-refractivity contribution in [2.24, 2.45) is 5.84 Å². The van der Waals surface area contributed by atoms with E-state index in [9.17, 15) is 0 Å². The Morgan fingerprint density at radius 2 is 2.00 bits per heavy atom. The molecule has 104 valence electrons. The van der Waals surface area contributed by atoms with E-state index in [-0.39, 0.29) is 0 Å². The van der Waals surface area contributed by atoms with E-state index in [2.05, 4.69) is 15.4 Å². The molecule has 1 aliphatic carbocycles. The van der Waals surface area contributed by atoms with Gasteiger partial charge in [-0.15, -0.1) is 0 Å². The number of methoxy groups -OCH3 is 1. The minimum atomic E-state index is 0.612. The zero-order chi connectivity index (χ0) is 13.9. The van der Waals surface area contributed by atoms with Crippen LogP contribution < -0.4 is 11.3 Å². The third kappa shape index (κ3) is 2.37. The first-order valence-electron chi connectivity index (χ1n) is 6.76. The second-order valence-corrected chi connectivity index (χ2v) is 4.95. The molecule has 1 aromatic heterocycles. The molecule has 0 saturated heterocycles. The van der Waals surface area contributed by atoms with Crippen molar-refractivity contribution in [3.8, 4) is 11.4 Å². The molecule has 0 fully saturated rings. The van der Waals surface area contributed by atoms with Crippen LogP contribution in [0.2, 0.25) is 0 Å². The molecule has 0 saturated carbocycles. The van der Waals surface area contributed by atoms with Gasteiger partial charge in [-0.3, -0.25) is 0 Å². The van der Waals surface area contributed by atoms with Gasteiger partial charge in [-0.25, -0.2) is 15.8 Å². The Morgan fingerprint density at radius 3 is 2.70 bits per heavy atom. The Hall–Kier alpha value is -1.98. The lowest BCUT2D eigenvalue weighted by Gasteiger charge is -2.09. The summed E-state index contributed by atoms with van der Waals surface area (Å²) in [5, 5.41) is 0. The maximum absolute atomic E-state index is 5.58. The Kier molecular flexibility index (Phi) is 3.62. The summed E-state index contributed by atoms with van der Waals surface area (Å²) in [4.78, 5) is 9.20. The first-order valence-corrected chi connectivity index (χ1v) is 6.76. The van der Waals surface area contributed by atoms with Crippen LogP contribution in [0.15, 0.2) is 24.3 Å². The fraction of sp³-hybridized carbons (Fsp3) is 0.333. The number of nitrogens with zero attached hydrogens (tertiary/aromatic N) is 2. The number of aryl methyl sites for hydroxylation is 1. The van der Waals surface area contributed by atoms with Crippen LogP contribution in [0.25, 0.3) is 11.4 Å². The van der Waals surface area contributed by atoms with Crippen molar-refractivity contribution in [1.82, 2.24) is 9.97 Å². The van der Waals surface area contributed by atoms with Gasteiger partial charge >= 0.3 is 0 Å². The van der Waals surface area contributed by atoms with E-state index >= 15 is 0 Å². The molecule has 3 N–H and O–H groups in total. The van der Waals surface area contributed by atoms with E-state index in [1.54, 1.807) is 7.11 Å². The number of nitrogen functional groups attached to an aromatic ring is 1. The molecule has 0 unspecified atom stereocenters. The average Bonchev–Trinajstić information content (AvgIpc) is 2.95. The predicted molar refractivity (Wildman–Crippen MR) is 78.0 cm³/mol. The van der Waals surface area contributed by atoms with Gasteiger partial charge in [0.05, 0.1) is 6.61 Å². The Labute approximate surface area is 118 Å². The minimum absolute atomic E-state index is 0.612. The molecule has 5 nitrogen and oxygen atoms in total. The third-order valence-corrected chi connectivity index (χ3v) is 3.59. The van der Waals surface area contributed by atoms with Crippen molar-refractivity contribution in [2.75, 3.05) is 12.5 Å². The highest BCUT2D eigenvalue weighted by atomic mass is 16.5. The van der Waals surface area contributed by atoms with Crippen LogP contribution in [-0.4, -0.2) is 17.1 Å². The largest absolute Gasteiger partial charge is 0.380 e. The summed E-state index contributed by atoms with van der Waals surface area (Å²) in [6.45, 7) is 0.612. The van der Waals surface area contributed by atoms with Crippen molar-refractivity contribution >= 4 is 5.82 Å². The number of anilines is 1. The number of ether oxygens (including phenoxy) is 1. The highest BCUT2D eigenvalue weighted by molar-refractivity contribution is 5.60. The van der Waals surface area contributed by atoms with Gasteiger partial charge in [-0.05, 0) is 24.8 Å². The number of hydrogen-bond donors (Lipinski definition) is 2. The topological polar surface area (TPSA) is 73.1 Å². The van der Waals surface area contributed by atoms with E-state index < -0.39 is 0 Å². The first-order chi connectivity index (χ1) is 9.81. The Balaban J connectivity index is 1.97. The molecular weight excluding hydrogens is 252 g/mol. The van der Waals surface area contributed by atoms with Crippen molar-refractivity contribution in [1.29, 1.82) is 0 Å². The molecule has 1 aromatic carbocycles. The second kappa shape index (κ2) is 5.56. The molecule has 2 aromatic rings. The summed E-state index contributed by atoms with van der Waals surface area (Å²) in [5.41, 5.74) is 7.10. The zero-order valence-electron chi connectivity index (χ0n) is 11.5. The van der Waals surface area contributed by atoms with Crippen LogP contribution in [0.5, 0.6) is 0 Å². The van der Waals surface area contributed by atoms with Gasteiger partial charge in [0.25, 0.3) is 0 Å². The van der Waals surface area contributed by atoms with Crippen LogP contribution in [0.3, 0.4) is 0 Å². The standard InChI is InChI=1S/C15H18N4O/c1-20-9-10-5-7-11(8-6-10)14-17-13-4-2-3-12(13)15(18-14)19-16/h5-8H,2-4,9,16H2,1H3,(H,17,18,19). The maximum atomic E-state index is 5.58. The fourth-order valence-corrected chi connectivity index (χ4v) is 2.60. The van der Waals surface area contributed by atoms with Crippen molar-refractivity contribution < 1.29 is 4.74 Å². The normalized spacial score (nSPS) is 13.3. The van der Waals surface area contributed by atoms with Gasteiger partial charge < -0.3 is 10.2 Å². The number of hydrazine groups is 1. The lowest BCUT2D eigenvalue weighted by molar-refractivity contribution is 0.185. The maximum Gasteiger partial charge on any atom is 0.161 e. The Bertz CT molecular complexity index is 610. The lowest BCUT2D eigenvalue weighted by atomic mass is 10.1. The van der Waals surface area contributed by atoms with Crippen LogP contribution in [-0.2, 0) is 24.2 Å². The van der Waals surface area contributed by atoms with E-state index in [1.165, 1.54) is 0 Å². The fourth-order valence-electron chi connectivity index (χ4n) is 2.60. The molecular formula is C15H18N4O. The van der Waals surface area contributed by atoms with Crippen LogP contribution in [0, 0.1) is 0 Å². The highest BCUT2D eigenvalue weighted by Gasteiger charge is 2.19. The van der Waals surface area contributed by atoms with E-state index in [0.29, 0.717) is 6.61 Å². The van der Waals surface area contributed by atoms with Crippen LogP contribution in [0.4, 0.5) is 5.82 Å². The van der Waals surface area contributed by atoms with Crippen molar-refractivity contribution in [3.05, 3.63) is 41.1 Å². The van der Waals surface area contributed by atoms with Crippen molar-refractivity contribution in [2.45, 2.75) is 25.9 Å². The second-order valence-electron chi connectivity index (χ2n) is 4.95. The van der Waals surface area contributed by atoms with Crippen molar-refractivity contribution in [3.63, 3.8) is 0 Å². The third-order valence-electron chi connectivity index (χ3n) is 3.59. The van der Waals surface area contributed by atoms with E-state index in [1.807, 2.05) is 24.3 Å². The minimum Gasteiger partial charge on any atom is -0.380 e. The zero-order valence-corrected chi connectivity index (χ0v) is 11.5. The van der Waals surface area contributed by atoms with Gasteiger partial charge in [0, 0.05) is 23.9 Å². The molecule has 0 radical (unpaired) electrons. The summed E-state index contributed by atoms with van der Waals surface area (Å²) in [7, 11) is 1.69. The van der Waals surface area contributed by atoms with Gasteiger partial charge in [-0.2, -0.15) is 0 Å². The number of hydrogen-bond acceptors (Lipinski definition) is 5. The first kappa shape index (κ1) is 13.0.